The van der Waals surface area contributed by atoms with Gasteiger partial charge in [0.25, 0.3) is 0 Å². The molecule has 2 N–H and O–H groups in total. The van der Waals surface area contributed by atoms with Crippen molar-refractivity contribution in [2.75, 3.05) is 13.2 Å². The van der Waals surface area contributed by atoms with Crippen molar-refractivity contribution in [2.45, 2.75) is 31.7 Å². The third-order valence-corrected chi connectivity index (χ3v) is 3.75. The minimum absolute atomic E-state index is 0.367. The number of benzene rings is 1. The SMILES string of the molecule is NCc1ccccc1Cc1nc(C2CCOCC2)no1. The molecule has 0 saturated carbocycles. The molecular weight excluding hydrogens is 254 g/mol. The summed E-state index contributed by atoms with van der Waals surface area (Å²) in [4.78, 5) is 4.53. The van der Waals surface area contributed by atoms with Crippen LogP contribution < -0.4 is 5.73 Å². The van der Waals surface area contributed by atoms with Crippen LogP contribution in [0, 0.1) is 0 Å². The Bertz CT molecular complexity index is 562. The zero-order valence-corrected chi connectivity index (χ0v) is 11.4. The van der Waals surface area contributed by atoms with E-state index in [0.29, 0.717) is 24.8 Å². The summed E-state index contributed by atoms with van der Waals surface area (Å²) < 4.78 is 10.7. The summed E-state index contributed by atoms with van der Waals surface area (Å²) in [6.07, 6.45) is 2.58. The van der Waals surface area contributed by atoms with Crippen LogP contribution in [0.25, 0.3) is 0 Å². The van der Waals surface area contributed by atoms with Gasteiger partial charge in [0.2, 0.25) is 5.89 Å². The molecule has 0 radical (unpaired) electrons. The molecule has 0 spiro atoms. The molecule has 3 rings (SSSR count). The Morgan fingerprint density at radius 2 is 1.90 bits per heavy atom. The Hall–Kier alpha value is -1.72. The molecule has 0 aliphatic carbocycles. The number of aromatic nitrogens is 2. The van der Waals surface area contributed by atoms with Crippen molar-refractivity contribution in [3.63, 3.8) is 0 Å². The van der Waals surface area contributed by atoms with E-state index in [9.17, 15) is 0 Å². The lowest BCUT2D eigenvalue weighted by Gasteiger charge is -2.18. The monoisotopic (exact) mass is 273 g/mol. The van der Waals surface area contributed by atoms with Crippen LogP contribution in [0.2, 0.25) is 0 Å². The quantitative estimate of drug-likeness (QED) is 0.922. The summed E-state index contributed by atoms with van der Waals surface area (Å²) in [6, 6.07) is 8.09. The first-order valence-electron chi connectivity index (χ1n) is 7.04. The molecule has 1 aliphatic heterocycles. The molecular formula is C15H19N3O2. The van der Waals surface area contributed by atoms with Gasteiger partial charge in [-0.15, -0.1) is 0 Å². The van der Waals surface area contributed by atoms with Crippen LogP contribution in [0.5, 0.6) is 0 Å². The molecule has 5 nitrogen and oxygen atoms in total. The zero-order valence-electron chi connectivity index (χ0n) is 11.4. The molecule has 0 bridgehead atoms. The van der Waals surface area contributed by atoms with Crippen LogP contribution >= 0.6 is 0 Å². The highest BCUT2D eigenvalue weighted by Gasteiger charge is 2.21. The third kappa shape index (κ3) is 2.89. The van der Waals surface area contributed by atoms with Crippen molar-refractivity contribution < 1.29 is 9.26 Å². The summed E-state index contributed by atoms with van der Waals surface area (Å²) in [5.41, 5.74) is 8.02. The molecule has 1 aliphatic rings. The minimum atomic E-state index is 0.367. The minimum Gasteiger partial charge on any atom is -0.381 e. The van der Waals surface area contributed by atoms with E-state index < -0.39 is 0 Å². The van der Waals surface area contributed by atoms with Crippen LogP contribution in [0.4, 0.5) is 0 Å². The predicted molar refractivity (Wildman–Crippen MR) is 74.2 cm³/mol. The number of rotatable bonds is 4. The van der Waals surface area contributed by atoms with Crippen molar-refractivity contribution in [1.29, 1.82) is 0 Å². The molecule has 0 atom stereocenters. The molecule has 20 heavy (non-hydrogen) atoms. The zero-order chi connectivity index (χ0) is 13.8. The second-order valence-corrected chi connectivity index (χ2v) is 5.08. The first kappa shape index (κ1) is 13.3. The Labute approximate surface area is 118 Å². The maximum atomic E-state index is 5.75. The second kappa shape index (κ2) is 6.15. The second-order valence-electron chi connectivity index (χ2n) is 5.08. The largest absolute Gasteiger partial charge is 0.381 e. The molecule has 1 aromatic heterocycles. The molecule has 1 saturated heterocycles. The van der Waals surface area contributed by atoms with Gasteiger partial charge in [0.05, 0.1) is 6.42 Å². The van der Waals surface area contributed by atoms with Gasteiger partial charge in [0.15, 0.2) is 5.82 Å². The average molecular weight is 273 g/mol. The van der Waals surface area contributed by atoms with Gasteiger partial charge in [0.1, 0.15) is 0 Å². The summed E-state index contributed by atoms with van der Waals surface area (Å²) in [7, 11) is 0. The van der Waals surface area contributed by atoms with Gasteiger partial charge in [0, 0.05) is 25.7 Å². The van der Waals surface area contributed by atoms with Crippen LogP contribution in [-0.4, -0.2) is 23.4 Å². The van der Waals surface area contributed by atoms with Crippen molar-refractivity contribution in [3.8, 4) is 0 Å². The molecule has 0 unspecified atom stereocenters. The van der Waals surface area contributed by atoms with Gasteiger partial charge >= 0.3 is 0 Å². The van der Waals surface area contributed by atoms with E-state index in [2.05, 4.69) is 16.2 Å². The summed E-state index contributed by atoms with van der Waals surface area (Å²) in [5, 5.41) is 4.12. The number of hydrogen-bond acceptors (Lipinski definition) is 5. The average Bonchev–Trinajstić information content (AvgIpc) is 2.97. The Morgan fingerprint density at radius 1 is 1.15 bits per heavy atom. The predicted octanol–water partition coefficient (Wildman–Crippen LogP) is 2.01. The van der Waals surface area contributed by atoms with E-state index in [-0.39, 0.29) is 0 Å². The standard InChI is InChI=1S/C15H19N3O2/c16-10-13-4-2-1-3-12(13)9-14-17-15(18-20-14)11-5-7-19-8-6-11/h1-4,11H,5-10,16H2. The molecule has 106 valence electrons. The van der Waals surface area contributed by atoms with Gasteiger partial charge in [-0.05, 0) is 24.0 Å². The van der Waals surface area contributed by atoms with E-state index in [1.54, 1.807) is 0 Å². The maximum absolute atomic E-state index is 5.75. The van der Waals surface area contributed by atoms with Gasteiger partial charge < -0.3 is 15.0 Å². The van der Waals surface area contributed by atoms with Crippen LogP contribution in [0.1, 0.15) is 41.6 Å². The van der Waals surface area contributed by atoms with E-state index >= 15 is 0 Å². The molecule has 1 fully saturated rings. The summed E-state index contributed by atoms with van der Waals surface area (Å²) in [6.45, 7) is 2.09. The van der Waals surface area contributed by atoms with Crippen LogP contribution in [0.3, 0.4) is 0 Å². The van der Waals surface area contributed by atoms with Crippen molar-refractivity contribution in [3.05, 3.63) is 47.1 Å². The van der Waals surface area contributed by atoms with Crippen LogP contribution in [-0.2, 0) is 17.7 Å². The topological polar surface area (TPSA) is 74.2 Å². The first-order chi connectivity index (χ1) is 9.86. The fourth-order valence-corrected chi connectivity index (χ4v) is 2.55. The Balaban J connectivity index is 1.73. The number of nitrogens with two attached hydrogens (primary N) is 1. The highest BCUT2D eigenvalue weighted by Crippen LogP contribution is 2.25. The number of hydrogen-bond donors (Lipinski definition) is 1. The maximum Gasteiger partial charge on any atom is 0.231 e. The molecule has 2 heterocycles. The van der Waals surface area contributed by atoms with Crippen molar-refractivity contribution in [1.82, 2.24) is 10.1 Å². The van der Waals surface area contributed by atoms with Crippen molar-refractivity contribution in [2.24, 2.45) is 5.73 Å². The molecule has 2 aromatic rings. The van der Waals surface area contributed by atoms with Crippen LogP contribution in [0.15, 0.2) is 28.8 Å². The van der Waals surface area contributed by atoms with E-state index in [1.165, 1.54) is 0 Å². The Kier molecular flexibility index (Phi) is 4.08. The number of nitrogens with zero attached hydrogens (tertiary/aromatic N) is 2. The van der Waals surface area contributed by atoms with E-state index in [0.717, 1.165) is 43.0 Å². The molecule has 1 aromatic carbocycles. The molecule has 0 amide bonds. The third-order valence-electron chi connectivity index (χ3n) is 3.75. The lowest BCUT2D eigenvalue weighted by Crippen LogP contribution is -2.15. The fourth-order valence-electron chi connectivity index (χ4n) is 2.55. The fraction of sp³-hybridized carbons (Fsp3) is 0.467. The normalized spacial score (nSPS) is 16.4. The number of ether oxygens (including phenoxy) is 1. The first-order valence-corrected chi connectivity index (χ1v) is 7.04. The highest BCUT2D eigenvalue weighted by molar-refractivity contribution is 5.29. The lowest BCUT2D eigenvalue weighted by molar-refractivity contribution is 0.0830. The van der Waals surface area contributed by atoms with E-state index in [1.807, 2.05) is 18.2 Å². The van der Waals surface area contributed by atoms with E-state index in [4.69, 9.17) is 15.0 Å². The van der Waals surface area contributed by atoms with Gasteiger partial charge in [-0.2, -0.15) is 4.98 Å². The van der Waals surface area contributed by atoms with Gasteiger partial charge in [-0.1, -0.05) is 29.4 Å². The van der Waals surface area contributed by atoms with Gasteiger partial charge in [-0.3, -0.25) is 0 Å². The Morgan fingerprint density at radius 3 is 2.65 bits per heavy atom. The lowest BCUT2D eigenvalue weighted by atomic mass is 10.00. The summed E-state index contributed by atoms with van der Waals surface area (Å²) in [5.74, 6) is 1.84. The van der Waals surface area contributed by atoms with Crippen molar-refractivity contribution >= 4 is 0 Å². The smallest absolute Gasteiger partial charge is 0.231 e. The molecule has 5 heteroatoms. The summed E-state index contributed by atoms with van der Waals surface area (Å²) >= 11 is 0. The van der Waals surface area contributed by atoms with Gasteiger partial charge in [-0.25, -0.2) is 0 Å². The highest BCUT2D eigenvalue weighted by atomic mass is 16.5.